The minimum absolute atomic E-state index is 0.175. The standard InChI is InChI=1S/C16H21F2NO3S/c1-11(23(2,21)22)16(20)19(12-6-3-4-7-12)10-13-14(17)8-5-9-15(13)18/h5,8-9,11-12H,3-4,6-7,10H2,1-2H3. The Labute approximate surface area is 135 Å². The summed E-state index contributed by atoms with van der Waals surface area (Å²) < 4.78 is 51.2. The van der Waals surface area contributed by atoms with Gasteiger partial charge in [0.05, 0.1) is 6.54 Å². The lowest BCUT2D eigenvalue weighted by molar-refractivity contribution is -0.133. The van der Waals surface area contributed by atoms with E-state index in [4.69, 9.17) is 0 Å². The number of nitrogens with zero attached hydrogens (tertiary/aromatic N) is 1. The summed E-state index contributed by atoms with van der Waals surface area (Å²) in [6.07, 6.45) is 4.27. The van der Waals surface area contributed by atoms with Gasteiger partial charge in [-0.2, -0.15) is 0 Å². The molecule has 0 radical (unpaired) electrons. The van der Waals surface area contributed by atoms with E-state index in [0.29, 0.717) is 0 Å². The summed E-state index contributed by atoms with van der Waals surface area (Å²) in [5, 5.41) is -1.22. The average Bonchev–Trinajstić information content (AvgIpc) is 2.98. The summed E-state index contributed by atoms with van der Waals surface area (Å²) in [6.45, 7) is 1.07. The van der Waals surface area contributed by atoms with E-state index in [1.54, 1.807) is 0 Å². The van der Waals surface area contributed by atoms with Crippen molar-refractivity contribution in [2.45, 2.75) is 50.4 Å². The Hall–Kier alpha value is -1.50. The van der Waals surface area contributed by atoms with Crippen molar-refractivity contribution in [2.75, 3.05) is 6.26 Å². The van der Waals surface area contributed by atoms with E-state index >= 15 is 0 Å². The van der Waals surface area contributed by atoms with Crippen LogP contribution in [0.25, 0.3) is 0 Å². The largest absolute Gasteiger partial charge is 0.334 e. The first-order valence-electron chi connectivity index (χ1n) is 7.64. The molecular formula is C16H21F2NO3S. The van der Waals surface area contributed by atoms with Crippen molar-refractivity contribution in [2.24, 2.45) is 0 Å². The van der Waals surface area contributed by atoms with E-state index in [0.717, 1.165) is 44.1 Å². The van der Waals surface area contributed by atoms with Crippen molar-refractivity contribution < 1.29 is 22.0 Å². The molecule has 0 spiro atoms. The fourth-order valence-electron chi connectivity index (χ4n) is 2.87. The van der Waals surface area contributed by atoms with Crippen molar-refractivity contribution in [1.82, 2.24) is 4.90 Å². The smallest absolute Gasteiger partial charge is 0.241 e. The van der Waals surface area contributed by atoms with Crippen LogP contribution in [-0.2, 0) is 21.2 Å². The lowest BCUT2D eigenvalue weighted by Gasteiger charge is -2.31. The van der Waals surface area contributed by atoms with Crippen LogP contribution in [0.3, 0.4) is 0 Å². The molecule has 1 amide bonds. The molecule has 1 aromatic carbocycles. The molecule has 0 heterocycles. The number of sulfone groups is 1. The molecule has 0 aliphatic heterocycles. The van der Waals surface area contributed by atoms with Crippen LogP contribution < -0.4 is 0 Å². The monoisotopic (exact) mass is 345 g/mol. The highest BCUT2D eigenvalue weighted by Crippen LogP contribution is 2.27. The van der Waals surface area contributed by atoms with Crippen LogP contribution in [0.4, 0.5) is 8.78 Å². The van der Waals surface area contributed by atoms with Crippen LogP contribution in [0.15, 0.2) is 18.2 Å². The second-order valence-electron chi connectivity index (χ2n) is 6.08. The molecule has 1 unspecified atom stereocenters. The van der Waals surface area contributed by atoms with Crippen LogP contribution in [0, 0.1) is 11.6 Å². The Morgan fingerprint density at radius 1 is 1.26 bits per heavy atom. The van der Waals surface area contributed by atoms with Crippen molar-refractivity contribution in [3.63, 3.8) is 0 Å². The van der Waals surface area contributed by atoms with Crippen LogP contribution in [0.2, 0.25) is 0 Å². The summed E-state index contributed by atoms with van der Waals surface area (Å²) in [6, 6.07) is 3.35. The Balaban J connectivity index is 2.33. The summed E-state index contributed by atoms with van der Waals surface area (Å²) in [5.74, 6) is -2.05. The van der Waals surface area contributed by atoms with Crippen molar-refractivity contribution in [3.05, 3.63) is 35.4 Å². The SMILES string of the molecule is CC(C(=O)N(Cc1c(F)cccc1F)C1CCCC1)S(C)(=O)=O. The highest BCUT2D eigenvalue weighted by molar-refractivity contribution is 7.92. The number of amides is 1. The van der Waals surface area contributed by atoms with Gasteiger partial charge in [-0.25, -0.2) is 17.2 Å². The average molecular weight is 345 g/mol. The zero-order valence-electron chi connectivity index (χ0n) is 13.3. The summed E-state index contributed by atoms with van der Waals surface area (Å²) in [4.78, 5) is 13.9. The van der Waals surface area contributed by atoms with Gasteiger partial charge in [0.2, 0.25) is 5.91 Å². The molecular weight excluding hydrogens is 324 g/mol. The van der Waals surface area contributed by atoms with Gasteiger partial charge < -0.3 is 4.90 Å². The number of carbonyl (C=O) groups is 1. The predicted molar refractivity (Wildman–Crippen MR) is 83.5 cm³/mol. The molecule has 23 heavy (non-hydrogen) atoms. The Kier molecular flexibility index (Phi) is 5.39. The molecule has 1 fully saturated rings. The third-order valence-electron chi connectivity index (χ3n) is 4.43. The van der Waals surface area contributed by atoms with Crippen LogP contribution in [0.1, 0.15) is 38.2 Å². The third-order valence-corrected chi connectivity index (χ3v) is 5.91. The van der Waals surface area contributed by atoms with Crippen LogP contribution >= 0.6 is 0 Å². The molecule has 1 aliphatic carbocycles. The molecule has 1 aromatic rings. The number of hydrogen-bond acceptors (Lipinski definition) is 3. The first kappa shape index (κ1) is 17.8. The van der Waals surface area contributed by atoms with Gasteiger partial charge in [0.25, 0.3) is 0 Å². The Bertz CT molecular complexity index is 664. The van der Waals surface area contributed by atoms with Crippen LogP contribution in [0.5, 0.6) is 0 Å². The predicted octanol–water partition coefficient (Wildman–Crippen LogP) is 2.67. The molecule has 1 saturated carbocycles. The molecule has 0 aromatic heterocycles. The molecule has 0 N–H and O–H groups in total. The van der Waals surface area contributed by atoms with E-state index in [9.17, 15) is 22.0 Å². The second-order valence-corrected chi connectivity index (χ2v) is 8.44. The van der Waals surface area contributed by atoms with E-state index in [1.807, 2.05) is 0 Å². The van der Waals surface area contributed by atoms with Crippen molar-refractivity contribution in [3.8, 4) is 0 Å². The minimum Gasteiger partial charge on any atom is -0.334 e. The van der Waals surface area contributed by atoms with Gasteiger partial charge in [-0.1, -0.05) is 18.9 Å². The zero-order chi connectivity index (χ0) is 17.2. The molecule has 2 rings (SSSR count). The summed E-state index contributed by atoms with van der Waals surface area (Å²) in [5.41, 5.74) is -0.201. The molecule has 4 nitrogen and oxygen atoms in total. The van der Waals surface area contributed by atoms with E-state index in [2.05, 4.69) is 0 Å². The fourth-order valence-corrected chi connectivity index (χ4v) is 3.37. The van der Waals surface area contributed by atoms with E-state index in [-0.39, 0.29) is 18.2 Å². The zero-order valence-corrected chi connectivity index (χ0v) is 14.1. The van der Waals surface area contributed by atoms with Gasteiger partial charge in [0.1, 0.15) is 16.9 Å². The summed E-state index contributed by atoms with van der Waals surface area (Å²) >= 11 is 0. The highest BCUT2D eigenvalue weighted by atomic mass is 32.2. The lowest BCUT2D eigenvalue weighted by Crippen LogP contribution is -2.45. The number of hydrogen-bond donors (Lipinski definition) is 0. The quantitative estimate of drug-likeness (QED) is 0.824. The Morgan fingerprint density at radius 3 is 2.26 bits per heavy atom. The van der Waals surface area contributed by atoms with Crippen LogP contribution in [-0.4, -0.2) is 36.8 Å². The number of carbonyl (C=O) groups excluding carboxylic acids is 1. The molecule has 1 atom stereocenters. The first-order chi connectivity index (χ1) is 10.7. The normalized spacial score (nSPS) is 17.2. The fraction of sp³-hybridized carbons (Fsp3) is 0.562. The van der Waals surface area contributed by atoms with Gasteiger partial charge in [-0.05, 0) is 31.9 Å². The topological polar surface area (TPSA) is 54.5 Å². The van der Waals surface area contributed by atoms with Gasteiger partial charge in [-0.3, -0.25) is 4.79 Å². The molecule has 1 aliphatic rings. The maximum atomic E-state index is 13.9. The van der Waals surface area contributed by atoms with E-state index < -0.39 is 32.6 Å². The molecule has 7 heteroatoms. The first-order valence-corrected chi connectivity index (χ1v) is 9.59. The van der Waals surface area contributed by atoms with Gasteiger partial charge in [-0.15, -0.1) is 0 Å². The van der Waals surface area contributed by atoms with Gasteiger partial charge in [0.15, 0.2) is 9.84 Å². The molecule has 0 saturated heterocycles. The maximum Gasteiger partial charge on any atom is 0.241 e. The minimum atomic E-state index is -3.57. The number of rotatable bonds is 5. The molecule has 0 bridgehead atoms. The van der Waals surface area contributed by atoms with Crippen molar-refractivity contribution >= 4 is 15.7 Å². The lowest BCUT2D eigenvalue weighted by atomic mass is 10.1. The highest BCUT2D eigenvalue weighted by Gasteiger charge is 2.34. The number of benzene rings is 1. The number of halogens is 2. The summed E-state index contributed by atoms with van der Waals surface area (Å²) in [7, 11) is -3.57. The molecule has 128 valence electrons. The van der Waals surface area contributed by atoms with E-state index in [1.165, 1.54) is 17.9 Å². The Morgan fingerprint density at radius 2 is 1.78 bits per heavy atom. The third kappa shape index (κ3) is 4.07. The second kappa shape index (κ2) is 6.95. The van der Waals surface area contributed by atoms with Gasteiger partial charge >= 0.3 is 0 Å². The maximum absolute atomic E-state index is 13.9. The van der Waals surface area contributed by atoms with Gasteiger partial charge in [0, 0.05) is 17.9 Å². The van der Waals surface area contributed by atoms with Crippen molar-refractivity contribution in [1.29, 1.82) is 0 Å².